The van der Waals surface area contributed by atoms with Gasteiger partial charge in [-0.15, -0.1) is 23.7 Å². The van der Waals surface area contributed by atoms with Gasteiger partial charge in [-0.05, 0) is 29.8 Å². The molecule has 124 valence electrons. The number of anilines is 1. The first kappa shape index (κ1) is 17.9. The molecular weight excluding hydrogens is 332 g/mol. The van der Waals surface area contributed by atoms with Crippen molar-refractivity contribution in [1.29, 1.82) is 0 Å². The molecule has 4 nitrogen and oxygen atoms in total. The van der Waals surface area contributed by atoms with Crippen molar-refractivity contribution in [1.82, 2.24) is 5.32 Å². The summed E-state index contributed by atoms with van der Waals surface area (Å²) in [4.78, 5) is 14.5. The van der Waals surface area contributed by atoms with Crippen LogP contribution in [0.3, 0.4) is 0 Å². The predicted molar refractivity (Wildman–Crippen MR) is 96.7 cm³/mol. The number of para-hydroxylation sites is 1. The van der Waals surface area contributed by atoms with Crippen LogP contribution >= 0.6 is 23.7 Å². The molecule has 1 amide bonds. The third kappa shape index (κ3) is 4.32. The van der Waals surface area contributed by atoms with Gasteiger partial charge in [0.2, 0.25) is 0 Å². The van der Waals surface area contributed by atoms with Crippen LogP contribution in [0.2, 0.25) is 0 Å². The number of halogens is 1. The van der Waals surface area contributed by atoms with Crippen LogP contribution in [0.15, 0.2) is 30.3 Å². The maximum Gasteiger partial charge on any atom is 0.265 e. The van der Waals surface area contributed by atoms with Gasteiger partial charge in [0.15, 0.2) is 0 Å². The number of hydrogen-bond acceptors (Lipinski definition) is 4. The number of ether oxygens (including phenoxy) is 1. The Kier molecular flexibility index (Phi) is 6.59. The molecule has 0 saturated carbocycles. The van der Waals surface area contributed by atoms with E-state index in [9.17, 15) is 4.79 Å². The molecule has 0 fully saturated rings. The predicted octanol–water partition coefficient (Wildman–Crippen LogP) is 3.60. The Morgan fingerprint density at radius 3 is 2.96 bits per heavy atom. The molecule has 0 atom stereocenters. The Balaban J connectivity index is 0.00000192. The Hall–Kier alpha value is -1.40. The van der Waals surface area contributed by atoms with Gasteiger partial charge in [0.05, 0.1) is 18.1 Å². The first-order valence-corrected chi connectivity index (χ1v) is 8.39. The summed E-state index contributed by atoms with van der Waals surface area (Å²) in [5, 5.41) is 6.33. The Morgan fingerprint density at radius 2 is 2.17 bits per heavy atom. The zero-order valence-electron chi connectivity index (χ0n) is 13.1. The zero-order valence-corrected chi connectivity index (χ0v) is 14.7. The molecule has 1 aliphatic rings. The molecule has 1 aromatic heterocycles. The second-order valence-electron chi connectivity index (χ2n) is 5.25. The van der Waals surface area contributed by atoms with E-state index in [0.29, 0.717) is 6.61 Å². The second-order valence-corrected chi connectivity index (χ2v) is 6.39. The van der Waals surface area contributed by atoms with Crippen molar-refractivity contribution < 1.29 is 9.53 Å². The fraction of sp³-hybridized carbons (Fsp3) is 0.353. The van der Waals surface area contributed by atoms with Crippen LogP contribution in [0.5, 0.6) is 0 Å². The van der Waals surface area contributed by atoms with Crippen LogP contribution in [0.4, 0.5) is 5.69 Å². The highest BCUT2D eigenvalue weighted by Crippen LogP contribution is 2.28. The Bertz CT molecular complexity index is 649. The summed E-state index contributed by atoms with van der Waals surface area (Å²) >= 11 is 1.58. The zero-order chi connectivity index (χ0) is 15.4. The van der Waals surface area contributed by atoms with E-state index in [0.717, 1.165) is 47.8 Å². The molecule has 0 aliphatic carbocycles. The molecule has 0 saturated heterocycles. The van der Waals surface area contributed by atoms with Crippen LogP contribution in [0.1, 0.15) is 32.6 Å². The lowest BCUT2D eigenvalue weighted by atomic mass is 10.1. The molecule has 0 bridgehead atoms. The van der Waals surface area contributed by atoms with Gasteiger partial charge in [-0.25, -0.2) is 0 Å². The van der Waals surface area contributed by atoms with Crippen molar-refractivity contribution in [3.8, 4) is 0 Å². The highest BCUT2D eigenvalue weighted by atomic mass is 35.5. The number of thiophene rings is 1. The lowest BCUT2D eigenvalue weighted by molar-refractivity contribution is 0.102. The van der Waals surface area contributed by atoms with Crippen molar-refractivity contribution >= 4 is 35.3 Å². The molecule has 2 heterocycles. The van der Waals surface area contributed by atoms with Crippen molar-refractivity contribution in [2.24, 2.45) is 0 Å². The van der Waals surface area contributed by atoms with E-state index in [1.165, 1.54) is 4.88 Å². The van der Waals surface area contributed by atoms with Crippen LogP contribution < -0.4 is 10.6 Å². The lowest BCUT2D eigenvalue weighted by Crippen LogP contribution is -2.16. The van der Waals surface area contributed by atoms with E-state index in [1.807, 2.05) is 30.3 Å². The van der Waals surface area contributed by atoms with Crippen LogP contribution in [-0.4, -0.2) is 19.1 Å². The summed E-state index contributed by atoms with van der Waals surface area (Å²) in [5.74, 6) is -0.0386. The molecular formula is C17H21ClN2O2S. The molecule has 1 aromatic carbocycles. The highest BCUT2D eigenvalue weighted by molar-refractivity contribution is 7.14. The molecule has 1 aliphatic heterocycles. The summed E-state index contributed by atoms with van der Waals surface area (Å²) in [7, 11) is 0. The number of carbonyl (C=O) groups is 1. The SMILES string of the molecule is CCNCc1ccccc1NC(=O)c1cc2c(s1)CCOC2.Cl. The van der Waals surface area contributed by atoms with Crippen molar-refractivity contribution in [2.75, 3.05) is 18.5 Å². The number of rotatable bonds is 5. The Morgan fingerprint density at radius 1 is 1.35 bits per heavy atom. The molecule has 23 heavy (non-hydrogen) atoms. The van der Waals surface area contributed by atoms with Crippen molar-refractivity contribution in [3.63, 3.8) is 0 Å². The number of benzene rings is 1. The standard InChI is InChI=1S/C17H20N2O2S.ClH/c1-2-18-10-12-5-3-4-6-14(12)19-17(20)16-9-13-11-21-8-7-15(13)22-16;/h3-6,9,18H,2,7-8,10-11H2,1H3,(H,19,20);1H. The molecule has 0 unspecified atom stereocenters. The fourth-order valence-electron chi connectivity index (χ4n) is 2.50. The maximum atomic E-state index is 12.5. The smallest absolute Gasteiger partial charge is 0.265 e. The minimum atomic E-state index is -0.0386. The van der Waals surface area contributed by atoms with E-state index < -0.39 is 0 Å². The van der Waals surface area contributed by atoms with Gasteiger partial charge in [0, 0.05) is 23.5 Å². The molecule has 0 radical (unpaired) electrons. The van der Waals surface area contributed by atoms with E-state index in [2.05, 4.69) is 17.6 Å². The van der Waals surface area contributed by atoms with Crippen LogP contribution in [0, 0.1) is 0 Å². The monoisotopic (exact) mass is 352 g/mol. The first-order valence-electron chi connectivity index (χ1n) is 7.57. The molecule has 2 aromatic rings. The van der Waals surface area contributed by atoms with Gasteiger partial charge >= 0.3 is 0 Å². The number of amides is 1. The van der Waals surface area contributed by atoms with E-state index in [-0.39, 0.29) is 18.3 Å². The number of hydrogen-bond donors (Lipinski definition) is 2. The molecule has 3 rings (SSSR count). The topological polar surface area (TPSA) is 50.4 Å². The molecule has 6 heteroatoms. The number of nitrogens with one attached hydrogen (secondary N) is 2. The number of fused-ring (bicyclic) bond motifs is 1. The fourth-order valence-corrected chi connectivity index (χ4v) is 3.54. The van der Waals surface area contributed by atoms with Crippen molar-refractivity contribution in [2.45, 2.75) is 26.5 Å². The third-order valence-electron chi connectivity index (χ3n) is 3.68. The van der Waals surface area contributed by atoms with Gasteiger partial charge in [-0.3, -0.25) is 4.79 Å². The van der Waals surface area contributed by atoms with Gasteiger partial charge in [-0.2, -0.15) is 0 Å². The quantitative estimate of drug-likeness (QED) is 0.864. The van der Waals surface area contributed by atoms with Crippen LogP contribution in [-0.2, 0) is 24.3 Å². The summed E-state index contributed by atoms with van der Waals surface area (Å²) in [6.45, 7) is 5.09. The normalized spacial score (nSPS) is 13.1. The largest absolute Gasteiger partial charge is 0.376 e. The van der Waals surface area contributed by atoms with E-state index >= 15 is 0 Å². The van der Waals surface area contributed by atoms with Crippen molar-refractivity contribution in [3.05, 3.63) is 51.2 Å². The minimum absolute atomic E-state index is 0. The summed E-state index contributed by atoms with van der Waals surface area (Å²) in [6, 6.07) is 9.87. The summed E-state index contributed by atoms with van der Waals surface area (Å²) in [6.07, 6.45) is 0.907. The van der Waals surface area contributed by atoms with Gasteiger partial charge in [0.1, 0.15) is 0 Å². The molecule has 0 spiro atoms. The average Bonchev–Trinajstić information content (AvgIpc) is 2.98. The second kappa shape index (κ2) is 8.45. The summed E-state index contributed by atoms with van der Waals surface area (Å²) in [5.41, 5.74) is 3.13. The number of carbonyl (C=O) groups excluding carboxylic acids is 1. The lowest BCUT2D eigenvalue weighted by Gasteiger charge is -2.10. The molecule has 2 N–H and O–H groups in total. The average molecular weight is 353 g/mol. The van der Waals surface area contributed by atoms with Gasteiger partial charge in [0.25, 0.3) is 5.91 Å². The third-order valence-corrected chi connectivity index (χ3v) is 4.92. The minimum Gasteiger partial charge on any atom is -0.376 e. The maximum absolute atomic E-state index is 12.5. The van der Waals surface area contributed by atoms with Gasteiger partial charge < -0.3 is 15.4 Å². The van der Waals surface area contributed by atoms with E-state index in [4.69, 9.17) is 4.74 Å². The highest BCUT2D eigenvalue weighted by Gasteiger charge is 2.18. The first-order chi connectivity index (χ1) is 10.8. The van der Waals surface area contributed by atoms with E-state index in [1.54, 1.807) is 11.3 Å². The van der Waals surface area contributed by atoms with Gasteiger partial charge in [-0.1, -0.05) is 25.1 Å². The summed E-state index contributed by atoms with van der Waals surface area (Å²) < 4.78 is 5.44. The Labute approximate surface area is 146 Å². The van der Waals surface area contributed by atoms with Crippen LogP contribution in [0.25, 0.3) is 0 Å².